The van der Waals surface area contributed by atoms with Crippen LogP contribution in [0.3, 0.4) is 0 Å². The van der Waals surface area contributed by atoms with Crippen LogP contribution in [0, 0.1) is 11.3 Å². The molecular formula is C15H16O4. The number of benzene rings is 1. The highest BCUT2D eigenvalue weighted by Gasteiger charge is 2.72. The highest BCUT2D eigenvalue weighted by atomic mass is 16.6. The first-order valence-corrected chi connectivity index (χ1v) is 6.39. The third-order valence-corrected chi connectivity index (χ3v) is 5.00. The van der Waals surface area contributed by atoms with Crippen molar-refractivity contribution < 1.29 is 19.1 Å². The van der Waals surface area contributed by atoms with Crippen LogP contribution in [0.25, 0.3) is 0 Å². The molecule has 3 unspecified atom stereocenters. The monoisotopic (exact) mass is 260 g/mol. The molecule has 19 heavy (non-hydrogen) atoms. The summed E-state index contributed by atoms with van der Waals surface area (Å²) in [6.45, 7) is 6.15. The number of rotatable bonds is 0. The molecule has 0 spiro atoms. The van der Waals surface area contributed by atoms with Crippen LogP contribution in [0.5, 0.6) is 0 Å². The smallest absolute Gasteiger partial charge is 0.338 e. The molecule has 0 amide bonds. The zero-order valence-corrected chi connectivity index (χ0v) is 11.2. The minimum Gasteiger partial charge on any atom is -0.461 e. The lowest BCUT2D eigenvalue weighted by Crippen LogP contribution is -2.26. The van der Waals surface area contributed by atoms with Crippen molar-refractivity contribution in [3.63, 3.8) is 0 Å². The van der Waals surface area contributed by atoms with Crippen molar-refractivity contribution in [2.24, 2.45) is 11.3 Å². The second-order valence-corrected chi connectivity index (χ2v) is 5.79. The first kappa shape index (κ1) is 12.2. The SMILES string of the molecule is CC1C2(C)COC(=O)c3ccc(cc3)C(=O)OC12C. The van der Waals surface area contributed by atoms with Crippen molar-refractivity contribution in [1.29, 1.82) is 0 Å². The van der Waals surface area contributed by atoms with Crippen LogP contribution in [0.4, 0.5) is 0 Å². The number of hydrogen-bond donors (Lipinski definition) is 0. The summed E-state index contributed by atoms with van der Waals surface area (Å²) in [5.41, 5.74) is 0.0215. The molecule has 3 aliphatic rings. The highest BCUT2D eigenvalue weighted by molar-refractivity contribution is 5.93. The third-order valence-electron chi connectivity index (χ3n) is 5.00. The zero-order chi connectivity index (χ0) is 13.8. The molecule has 2 heterocycles. The van der Waals surface area contributed by atoms with Gasteiger partial charge in [0.25, 0.3) is 0 Å². The van der Waals surface area contributed by atoms with Crippen LogP contribution >= 0.6 is 0 Å². The Hall–Kier alpha value is -1.84. The lowest BCUT2D eigenvalue weighted by Gasteiger charge is -2.18. The van der Waals surface area contributed by atoms with Crippen molar-refractivity contribution in [2.45, 2.75) is 26.4 Å². The summed E-state index contributed by atoms with van der Waals surface area (Å²) in [6, 6.07) is 6.36. The summed E-state index contributed by atoms with van der Waals surface area (Å²) in [7, 11) is 0. The Morgan fingerprint density at radius 1 is 1.05 bits per heavy atom. The number of esters is 2. The number of carbonyl (C=O) groups is 2. The van der Waals surface area contributed by atoms with E-state index in [1.165, 1.54) is 0 Å². The molecule has 0 N–H and O–H groups in total. The molecule has 4 heteroatoms. The predicted molar refractivity (Wildman–Crippen MR) is 67.8 cm³/mol. The number of carbonyl (C=O) groups excluding carboxylic acids is 2. The lowest BCUT2D eigenvalue weighted by molar-refractivity contribution is 0.00307. The minimum atomic E-state index is -0.577. The summed E-state index contributed by atoms with van der Waals surface area (Å²) < 4.78 is 11.0. The zero-order valence-electron chi connectivity index (χ0n) is 11.2. The summed E-state index contributed by atoms with van der Waals surface area (Å²) in [6.07, 6.45) is 0. The van der Waals surface area contributed by atoms with Gasteiger partial charge in [-0.05, 0) is 31.2 Å². The molecule has 0 saturated heterocycles. The van der Waals surface area contributed by atoms with Crippen molar-refractivity contribution in [1.82, 2.24) is 0 Å². The average molecular weight is 260 g/mol. The highest BCUT2D eigenvalue weighted by Crippen LogP contribution is 2.64. The van der Waals surface area contributed by atoms with Crippen molar-refractivity contribution in [2.75, 3.05) is 6.61 Å². The van der Waals surface area contributed by atoms with Gasteiger partial charge in [-0.1, -0.05) is 13.8 Å². The quantitative estimate of drug-likeness (QED) is 0.672. The maximum absolute atomic E-state index is 12.1. The molecule has 2 aliphatic heterocycles. The molecule has 1 aromatic rings. The Morgan fingerprint density at radius 2 is 1.58 bits per heavy atom. The van der Waals surface area contributed by atoms with Gasteiger partial charge in [-0.25, -0.2) is 9.59 Å². The normalized spacial score (nSPS) is 36.9. The second-order valence-electron chi connectivity index (χ2n) is 5.79. The van der Waals surface area contributed by atoms with E-state index in [1.54, 1.807) is 24.3 Å². The van der Waals surface area contributed by atoms with Crippen LogP contribution in [-0.4, -0.2) is 24.1 Å². The van der Waals surface area contributed by atoms with Gasteiger partial charge in [-0.2, -0.15) is 0 Å². The van der Waals surface area contributed by atoms with E-state index >= 15 is 0 Å². The van der Waals surface area contributed by atoms with Gasteiger partial charge in [0.2, 0.25) is 0 Å². The Balaban J connectivity index is 2.02. The van der Waals surface area contributed by atoms with Gasteiger partial charge in [0.15, 0.2) is 0 Å². The van der Waals surface area contributed by atoms with E-state index in [0.29, 0.717) is 11.1 Å². The van der Waals surface area contributed by atoms with E-state index < -0.39 is 5.60 Å². The molecule has 0 radical (unpaired) electrons. The largest absolute Gasteiger partial charge is 0.461 e. The van der Waals surface area contributed by atoms with Crippen molar-refractivity contribution in [3.8, 4) is 0 Å². The third kappa shape index (κ3) is 1.52. The summed E-state index contributed by atoms with van der Waals surface area (Å²) in [5.74, 6) is -0.546. The van der Waals surface area contributed by atoms with Crippen LogP contribution in [0.1, 0.15) is 41.5 Å². The fourth-order valence-corrected chi connectivity index (χ4v) is 2.87. The lowest BCUT2D eigenvalue weighted by atomic mass is 10.1. The molecule has 2 bridgehead atoms. The maximum atomic E-state index is 12.1. The molecule has 1 saturated carbocycles. The molecule has 1 aromatic carbocycles. The van der Waals surface area contributed by atoms with Crippen LogP contribution in [0.15, 0.2) is 24.3 Å². The van der Waals surface area contributed by atoms with E-state index in [9.17, 15) is 9.59 Å². The molecule has 3 atom stereocenters. The molecule has 0 aromatic heterocycles. The molecule has 100 valence electrons. The number of ether oxygens (including phenoxy) is 2. The summed E-state index contributed by atoms with van der Waals surface area (Å²) >= 11 is 0. The molecule has 1 aliphatic carbocycles. The van der Waals surface area contributed by atoms with Gasteiger partial charge in [0, 0.05) is 11.3 Å². The first-order chi connectivity index (χ1) is 8.88. The van der Waals surface area contributed by atoms with Gasteiger partial charge in [-0.15, -0.1) is 0 Å². The minimum absolute atomic E-state index is 0.160. The van der Waals surface area contributed by atoms with Crippen LogP contribution < -0.4 is 0 Å². The van der Waals surface area contributed by atoms with E-state index in [0.717, 1.165) is 0 Å². The molecule has 4 rings (SSSR count). The number of fused-ring (bicyclic) bond motifs is 5. The van der Waals surface area contributed by atoms with Crippen LogP contribution in [-0.2, 0) is 9.47 Å². The topological polar surface area (TPSA) is 52.6 Å². The summed E-state index contributed by atoms with van der Waals surface area (Å²) in [5, 5.41) is 0. The Bertz CT molecular complexity index is 562. The van der Waals surface area contributed by atoms with E-state index in [1.807, 2.05) is 20.8 Å². The fraction of sp³-hybridized carbons (Fsp3) is 0.467. The standard InChI is InChI=1S/C15H16O4/c1-9-14(2)8-18-12(16)10-4-6-11(7-5-10)13(17)19-15(9,14)3/h4-7,9H,8H2,1-3H3. The average Bonchev–Trinajstić information content (AvgIpc) is 2.82. The summed E-state index contributed by atoms with van der Waals surface area (Å²) in [4.78, 5) is 24.0. The van der Waals surface area contributed by atoms with E-state index in [2.05, 4.69) is 0 Å². The van der Waals surface area contributed by atoms with Gasteiger partial charge in [0.05, 0.1) is 11.1 Å². The Kier molecular flexibility index (Phi) is 2.31. The number of hydrogen-bond acceptors (Lipinski definition) is 4. The van der Waals surface area contributed by atoms with Gasteiger partial charge < -0.3 is 9.47 Å². The van der Waals surface area contributed by atoms with Gasteiger partial charge >= 0.3 is 11.9 Å². The molecule has 1 fully saturated rings. The molecular weight excluding hydrogens is 244 g/mol. The Morgan fingerprint density at radius 3 is 2.16 bits per heavy atom. The van der Waals surface area contributed by atoms with E-state index in [4.69, 9.17) is 9.47 Å². The predicted octanol–water partition coefficient (Wildman–Crippen LogP) is 2.43. The first-order valence-electron chi connectivity index (χ1n) is 6.39. The molecule has 4 nitrogen and oxygen atoms in total. The second kappa shape index (κ2) is 3.59. The van der Waals surface area contributed by atoms with E-state index in [-0.39, 0.29) is 29.9 Å². The fourth-order valence-electron chi connectivity index (χ4n) is 2.87. The maximum Gasteiger partial charge on any atom is 0.338 e. The van der Waals surface area contributed by atoms with Crippen LogP contribution in [0.2, 0.25) is 0 Å². The van der Waals surface area contributed by atoms with Crippen molar-refractivity contribution in [3.05, 3.63) is 35.4 Å². The van der Waals surface area contributed by atoms with Gasteiger partial charge in [-0.3, -0.25) is 0 Å². The van der Waals surface area contributed by atoms with Crippen molar-refractivity contribution >= 4 is 11.9 Å². The van der Waals surface area contributed by atoms with Gasteiger partial charge in [0.1, 0.15) is 12.2 Å². The Labute approximate surface area is 111 Å².